The number of carbonyl (C=O) groups is 1. The van der Waals surface area contributed by atoms with Gasteiger partial charge in [0.1, 0.15) is 5.78 Å². The van der Waals surface area contributed by atoms with Crippen LogP contribution in [0.1, 0.15) is 72.1 Å². The predicted molar refractivity (Wildman–Crippen MR) is 75.3 cm³/mol. The number of ketones is 1. The molecule has 0 radical (unpaired) electrons. The third-order valence-electron chi connectivity index (χ3n) is 3.10. The lowest BCUT2D eigenvalue weighted by Crippen LogP contribution is -2.15. The van der Waals surface area contributed by atoms with Gasteiger partial charge in [-0.15, -0.1) is 0 Å². The molecule has 0 aromatic heterocycles. The Hall–Kier alpha value is -0.370. The van der Waals surface area contributed by atoms with Crippen molar-refractivity contribution in [3.8, 4) is 0 Å². The molecule has 102 valence electrons. The second-order valence-corrected chi connectivity index (χ2v) is 5.24. The second kappa shape index (κ2) is 12.1. The molecule has 0 saturated heterocycles. The monoisotopic (exact) mass is 241 g/mol. The molecule has 0 spiro atoms. The first kappa shape index (κ1) is 16.6. The van der Waals surface area contributed by atoms with Crippen LogP contribution in [0.25, 0.3) is 0 Å². The molecule has 0 aliphatic heterocycles. The molecule has 0 aliphatic carbocycles. The van der Waals surface area contributed by atoms with Crippen molar-refractivity contribution in [2.24, 2.45) is 5.92 Å². The van der Waals surface area contributed by atoms with Crippen molar-refractivity contribution < 1.29 is 4.79 Å². The van der Waals surface area contributed by atoms with E-state index in [0.29, 0.717) is 5.78 Å². The quantitative estimate of drug-likeness (QED) is 0.524. The molecule has 17 heavy (non-hydrogen) atoms. The topological polar surface area (TPSA) is 29.1 Å². The SMILES string of the molecule is CCCNCCCCCCCCC(=O)C(C)C. The maximum Gasteiger partial charge on any atom is 0.135 e. The summed E-state index contributed by atoms with van der Waals surface area (Å²) in [5, 5.41) is 3.42. The van der Waals surface area contributed by atoms with Gasteiger partial charge >= 0.3 is 0 Å². The highest BCUT2D eigenvalue weighted by atomic mass is 16.1. The first-order chi connectivity index (χ1) is 8.18. The first-order valence-corrected chi connectivity index (χ1v) is 7.42. The van der Waals surface area contributed by atoms with Crippen LogP contribution in [0.5, 0.6) is 0 Å². The smallest absolute Gasteiger partial charge is 0.135 e. The first-order valence-electron chi connectivity index (χ1n) is 7.42. The van der Waals surface area contributed by atoms with Crippen LogP contribution in [0.2, 0.25) is 0 Å². The largest absolute Gasteiger partial charge is 0.317 e. The third kappa shape index (κ3) is 11.9. The lowest BCUT2D eigenvalue weighted by Gasteiger charge is -2.04. The molecule has 0 rings (SSSR count). The van der Waals surface area contributed by atoms with Gasteiger partial charge in [-0.2, -0.15) is 0 Å². The van der Waals surface area contributed by atoms with Gasteiger partial charge in [-0.05, 0) is 32.4 Å². The second-order valence-electron chi connectivity index (χ2n) is 5.24. The average Bonchev–Trinajstić information content (AvgIpc) is 2.31. The van der Waals surface area contributed by atoms with E-state index in [4.69, 9.17) is 0 Å². The maximum absolute atomic E-state index is 11.4. The van der Waals surface area contributed by atoms with Crippen LogP contribution in [0.4, 0.5) is 0 Å². The Morgan fingerprint density at radius 2 is 1.53 bits per heavy atom. The molecular weight excluding hydrogens is 210 g/mol. The number of nitrogens with one attached hydrogen (secondary N) is 1. The zero-order chi connectivity index (χ0) is 12.9. The summed E-state index contributed by atoms with van der Waals surface area (Å²) >= 11 is 0. The van der Waals surface area contributed by atoms with E-state index in [9.17, 15) is 4.79 Å². The summed E-state index contributed by atoms with van der Waals surface area (Å²) in [6.07, 6.45) is 9.56. The van der Waals surface area contributed by atoms with Crippen LogP contribution in [0.3, 0.4) is 0 Å². The van der Waals surface area contributed by atoms with Gasteiger partial charge in [-0.3, -0.25) is 4.79 Å². The van der Waals surface area contributed by atoms with Gasteiger partial charge in [-0.1, -0.05) is 46.5 Å². The fourth-order valence-corrected chi connectivity index (χ4v) is 1.85. The zero-order valence-corrected chi connectivity index (χ0v) is 12.1. The summed E-state index contributed by atoms with van der Waals surface area (Å²) in [5.74, 6) is 0.647. The Bertz CT molecular complexity index is 178. The van der Waals surface area contributed by atoms with Gasteiger partial charge in [-0.25, -0.2) is 0 Å². The van der Waals surface area contributed by atoms with Crippen LogP contribution in [0.15, 0.2) is 0 Å². The van der Waals surface area contributed by atoms with Gasteiger partial charge in [0.05, 0.1) is 0 Å². The normalized spacial score (nSPS) is 11.1. The fourth-order valence-electron chi connectivity index (χ4n) is 1.85. The molecular formula is C15H31NO. The summed E-state index contributed by atoms with van der Waals surface area (Å²) in [7, 11) is 0. The van der Waals surface area contributed by atoms with Crippen LogP contribution in [-0.4, -0.2) is 18.9 Å². The molecule has 0 fully saturated rings. The highest BCUT2D eigenvalue weighted by Gasteiger charge is 2.05. The fraction of sp³-hybridized carbons (Fsp3) is 0.933. The van der Waals surface area contributed by atoms with Crippen LogP contribution in [0, 0.1) is 5.92 Å². The van der Waals surface area contributed by atoms with Gasteiger partial charge in [0.25, 0.3) is 0 Å². The van der Waals surface area contributed by atoms with Crippen molar-refractivity contribution >= 4 is 5.78 Å². The lowest BCUT2D eigenvalue weighted by molar-refractivity contribution is -0.122. The van der Waals surface area contributed by atoms with E-state index in [1.807, 2.05) is 13.8 Å². The van der Waals surface area contributed by atoms with Crippen molar-refractivity contribution in [3.05, 3.63) is 0 Å². The summed E-state index contributed by atoms with van der Waals surface area (Å²) in [4.78, 5) is 11.4. The van der Waals surface area contributed by atoms with E-state index in [0.717, 1.165) is 19.4 Å². The number of Topliss-reactive ketones (excluding diaryl/α,β-unsaturated/α-hetero) is 1. The number of hydrogen-bond acceptors (Lipinski definition) is 2. The average molecular weight is 241 g/mol. The Kier molecular flexibility index (Phi) is 11.8. The van der Waals surface area contributed by atoms with Crippen molar-refractivity contribution in [3.63, 3.8) is 0 Å². The standard InChI is InChI=1S/C15H31NO/c1-4-12-16-13-10-8-6-5-7-9-11-15(17)14(2)3/h14,16H,4-13H2,1-3H3. The molecule has 0 saturated carbocycles. The van der Waals surface area contributed by atoms with Gasteiger partial charge in [0, 0.05) is 12.3 Å². The van der Waals surface area contributed by atoms with E-state index < -0.39 is 0 Å². The molecule has 2 nitrogen and oxygen atoms in total. The molecule has 0 heterocycles. The van der Waals surface area contributed by atoms with Gasteiger partial charge in [0.2, 0.25) is 0 Å². The highest BCUT2D eigenvalue weighted by molar-refractivity contribution is 5.80. The number of unbranched alkanes of at least 4 members (excludes halogenated alkanes) is 5. The minimum Gasteiger partial charge on any atom is -0.317 e. The number of rotatable bonds is 12. The van der Waals surface area contributed by atoms with E-state index in [2.05, 4.69) is 12.2 Å². The minimum absolute atomic E-state index is 0.222. The maximum atomic E-state index is 11.4. The molecule has 0 amide bonds. The third-order valence-corrected chi connectivity index (χ3v) is 3.10. The van der Waals surface area contributed by atoms with Crippen molar-refractivity contribution in [2.45, 2.75) is 72.1 Å². The predicted octanol–water partition coefficient (Wildman–Crippen LogP) is 3.94. The molecule has 0 aliphatic rings. The van der Waals surface area contributed by atoms with Gasteiger partial charge in [0.15, 0.2) is 0 Å². The van der Waals surface area contributed by atoms with E-state index in [1.165, 1.54) is 45.1 Å². The molecule has 1 N–H and O–H groups in total. The van der Waals surface area contributed by atoms with Gasteiger partial charge < -0.3 is 5.32 Å². The molecule has 0 bridgehead atoms. The van der Waals surface area contributed by atoms with Crippen LogP contribution >= 0.6 is 0 Å². The molecule has 0 aromatic rings. The molecule has 0 unspecified atom stereocenters. The molecule has 2 heteroatoms. The van der Waals surface area contributed by atoms with E-state index in [1.54, 1.807) is 0 Å². The summed E-state index contributed by atoms with van der Waals surface area (Å²) in [6, 6.07) is 0. The van der Waals surface area contributed by atoms with Crippen molar-refractivity contribution in [1.82, 2.24) is 5.32 Å². The summed E-state index contributed by atoms with van der Waals surface area (Å²) in [6.45, 7) is 8.50. The lowest BCUT2D eigenvalue weighted by atomic mass is 10.0. The van der Waals surface area contributed by atoms with Crippen molar-refractivity contribution in [1.29, 1.82) is 0 Å². The Labute approximate surface area is 108 Å². The van der Waals surface area contributed by atoms with E-state index >= 15 is 0 Å². The molecule has 0 aromatic carbocycles. The van der Waals surface area contributed by atoms with Crippen LogP contribution in [-0.2, 0) is 4.79 Å². The summed E-state index contributed by atoms with van der Waals surface area (Å²) < 4.78 is 0. The Morgan fingerprint density at radius 3 is 2.12 bits per heavy atom. The van der Waals surface area contributed by atoms with E-state index in [-0.39, 0.29) is 5.92 Å². The minimum atomic E-state index is 0.222. The highest BCUT2D eigenvalue weighted by Crippen LogP contribution is 2.09. The Balaban J connectivity index is 3.06. The van der Waals surface area contributed by atoms with Crippen molar-refractivity contribution in [2.75, 3.05) is 13.1 Å². The number of carbonyl (C=O) groups excluding carboxylic acids is 1. The summed E-state index contributed by atoms with van der Waals surface area (Å²) in [5.41, 5.74) is 0. The number of hydrogen-bond donors (Lipinski definition) is 1. The van der Waals surface area contributed by atoms with Crippen LogP contribution < -0.4 is 5.32 Å². The zero-order valence-electron chi connectivity index (χ0n) is 12.1. The Morgan fingerprint density at radius 1 is 0.941 bits per heavy atom. The molecule has 0 atom stereocenters.